The van der Waals surface area contributed by atoms with Gasteiger partial charge in [-0.15, -0.1) is 0 Å². The van der Waals surface area contributed by atoms with E-state index in [1.165, 1.54) is 0 Å². The lowest BCUT2D eigenvalue weighted by molar-refractivity contribution is 0.475. The molecular weight excluding hydrogens is 190 g/mol. The van der Waals surface area contributed by atoms with Crippen LogP contribution in [0.5, 0.6) is 11.5 Å². The van der Waals surface area contributed by atoms with Crippen LogP contribution in [0.2, 0.25) is 0 Å². The molecule has 3 nitrogen and oxygen atoms in total. The van der Waals surface area contributed by atoms with Crippen LogP contribution < -0.4 is 5.32 Å². The molecule has 0 aromatic heterocycles. The van der Waals surface area contributed by atoms with E-state index in [1.54, 1.807) is 36.4 Å². The van der Waals surface area contributed by atoms with Gasteiger partial charge in [-0.25, -0.2) is 0 Å². The summed E-state index contributed by atoms with van der Waals surface area (Å²) in [6.07, 6.45) is 0. The fourth-order valence-electron chi connectivity index (χ4n) is 1.30. The number of rotatable bonds is 2. The SMILES string of the molecule is Oc1ccccc1Nc1ccccc1O. The molecule has 0 unspecified atom stereocenters. The Morgan fingerprint density at radius 3 is 1.47 bits per heavy atom. The van der Waals surface area contributed by atoms with Crippen LogP contribution in [0, 0.1) is 0 Å². The number of anilines is 2. The highest BCUT2D eigenvalue weighted by atomic mass is 16.3. The van der Waals surface area contributed by atoms with Crippen LogP contribution in [0.1, 0.15) is 0 Å². The van der Waals surface area contributed by atoms with Gasteiger partial charge in [0.05, 0.1) is 11.4 Å². The molecule has 76 valence electrons. The summed E-state index contributed by atoms with van der Waals surface area (Å²) in [6, 6.07) is 13.7. The first-order valence-electron chi connectivity index (χ1n) is 4.60. The highest BCUT2D eigenvalue weighted by molar-refractivity contribution is 5.69. The summed E-state index contributed by atoms with van der Waals surface area (Å²) in [5, 5.41) is 22.0. The molecule has 0 atom stereocenters. The van der Waals surface area contributed by atoms with E-state index in [4.69, 9.17) is 0 Å². The predicted molar refractivity (Wildman–Crippen MR) is 59.5 cm³/mol. The third-order valence-electron chi connectivity index (χ3n) is 2.08. The Kier molecular flexibility index (Phi) is 2.46. The monoisotopic (exact) mass is 201 g/mol. The predicted octanol–water partition coefficient (Wildman–Crippen LogP) is 2.84. The largest absolute Gasteiger partial charge is 0.506 e. The Balaban J connectivity index is 2.30. The first-order chi connectivity index (χ1) is 7.27. The van der Waals surface area contributed by atoms with Gasteiger partial charge in [0, 0.05) is 0 Å². The molecule has 2 rings (SSSR count). The topological polar surface area (TPSA) is 52.5 Å². The summed E-state index contributed by atoms with van der Waals surface area (Å²) in [5.41, 5.74) is 1.14. The van der Waals surface area contributed by atoms with E-state index < -0.39 is 0 Å². The summed E-state index contributed by atoms with van der Waals surface area (Å²) in [6.45, 7) is 0. The van der Waals surface area contributed by atoms with Gasteiger partial charge >= 0.3 is 0 Å². The summed E-state index contributed by atoms with van der Waals surface area (Å²) < 4.78 is 0. The van der Waals surface area contributed by atoms with E-state index in [2.05, 4.69) is 5.32 Å². The quantitative estimate of drug-likeness (QED) is 0.655. The normalized spacial score (nSPS) is 9.87. The van der Waals surface area contributed by atoms with Gasteiger partial charge in [-0.1, -0.05) is 24.3 Å². The van der Waals surface area contributed by atoms with Crippen molar-refractivity contribution in [2.45, 2.75) is 0 Å². The molecule has 3 heteroatoms. The maximum absolute atomic E-state index is 9.52. The van der Waals surface area contributed by atoms with Crippen molar-refractivity contribution in [1.82, 2.24) is 0 Å². The molecular formula is C12H11NO2. The molecule has 0 spiro atoms. The summed E-state index contributed by atoms with van der Waals surface area (Å²) in [7, 11) is 0. The second kappa shape index (κ2) is 3.92. The van der Waals surface area contributed by atoms with Crippen molar-refractivity contribution in [2.75, 3.05) is 5.32 Å². The van der Waals surface area contributed by atoms with E-state index in [1.807, 2.05) is 12.1 Å². The maximum Gasteiger partial charge on any atom is 0.139 e. The van der Waals surface area contributed by atoms with Crippen molar-refractivity contribution in [1.29, 1.82) is 0 Å². The zero-order valence-corrected chi connectivity index (χ0v) is 8.01. The van der Waals surface area contributed by atoms with Gasteiger partial charge in [-0.05, 0) is 24.3 Å². The molecule has 0 saturated carbocycles. The van der Waals surface area contributed by atoms with Gasteiger partial charge < -0.3 is 15.5 Å². The van der Waals surface area contributed by atoms with Crippen LogP contribution in [0.4, 0.5) is 11.4 Å². The number of phenols is 2. The zero-order chi connectivity index (χ0) is 10.7. The maximum atomic E-state index is 9.52. The lowest BCUT2D eigenvalue weighted by Gasteiger charge is -2.09. The molecule has 0 aliphatic rings. The van der Waals surface area contributed by atoms with Crippen molar-refractivity contribution in [3.05, 3.63) is 48.5 Å². The van der Waals surface area contributed by atoms with Gasteiger partial charge in [-0.2, -0.15) is 0 Å². The van der Waals surface area contributed by atoms with Crippen molar-refractivity contribution in [3.8, 4) is 11.5 Å². The van der Waals surface area contributed by atoms with Crippen LogP contribution in [0.3, 0.4) is 0 Å². The Labute approximate surface area is 87.6 Å². The third-order valence-corrected chi connectivity index (χ3v) is 2.08. The number of aromatic hydroxyl groups is 2. The average Bonchev–Trinajstić information content (AvgIpc) is 2.24. The lowest BCUT2D eigenvalue weighted by atomic mass is 10.2. The van der Waals surface area contributed by atoms with Gasteiger partial charge in [0.2, 0.25) is 0 Å². The fraction of sp³-hybridized carbons (Fsp3) is 0. The Bertz CT molecular complexity index is 425. The van der Waals surface area contributed by atoms with Crippen molar-refractivity contribution in [2.24, 2.45) is 0 Å². The smallest absolute Gasteiger partial charge is 0.139 e. The molecule has 3 N–H and O–H groups in total. The second-order valence-corrected chi connectivity index (χ2v) is 3.16. The third kappa shape index (κ3) is 2.02. The van der Waals surface area contributed by atoms with Crippen molar-refractivity contribution in [3.63, 3.8) is 0 Å². The molecule has 0 aliphatic heterocycles. The van der Waals surface area contributed by atoms with E-state index in [0.717, 1.165) is 0 Å². The number of nitrogens with one attached hydrogen (secondary N) is 1. The number of para-hydroxylation sites is 4. The van der Waals surface area contributed by atoms with Gasteiger partial charge in [0.15, 0.2) is 0 Å². The van der Waals surface area contributed by atoms with E-state index >= 15 is 0 Å². The molecule has 2 aromatic rings. The molecule has 0 heterocycles. The van der Waals surface area contributed by atoms with Gasteiger partial charge in [-0.3, -0.25) is 0 Å². The Hall–Kier alpha value is -2.16. The number of phenolic OH excluding ortho intramolecular Hbond substituents is 2. The van der Waals surface area contributed by atoms with Gasteiger partial charge in [0.25, 0.3) is 0 Å². The number of benzene rings is 2. The molecule has 0 fully saturated rings. The standard InChI is InChI=1S/C12H11NO2/c14-11-7-3-1-5-9(11)13-10-6-2-4-8-12(10)15/h1-8,13-15H. The second-order valence-electron chi connectivity index (χ2n) is 3.16. The Morgan fingerprint density at radius 2 is 1.07 bits per heavy atom. The highest BCUT2D eigenvalue weighted by Crippen LogP contribution is 2.30. The molecule has 0 bridgehead atoms. The fourth-order valence-corrected chi connectivity index (χ4v) is 1.30. The Morgan fingerprint density at radius 1 is 0.667 bits per heavy atom. The molecule has 2 aromatic carbocycles. The molecule has 0 saturated heterocycles. The van der Waals surface area contributed by atoms with Crippen LogP contribution in [-0.4, -0.2) is 10.2 Å². The first-order valence-corrected chi connectivity index (χ1v) is 4.60. The first kappa shape index (κ1) is 9.40. The van der Waals surface area contributed by atoms with Crippen molar-refractivity contribution < 1.29 is 10.2 Å². The molecule has 0 radical (unpaired) electrons. The lowest BCUT2D eigenvalue weighted by Crippen LogP contribution is -1.90. The molecule has 0 aliphatic carbocycles. The summed E-state index contributed by atoms with van der Waals surface area (Å²) in [4.78, 5) is 0. The summed E-state index contributed by atoms with van der Waals surface area (Å²) in [5.74, 6) is 0.307. The minimum absolute atomic E-state index is 0.153. The van der Waals surface area contributed by atoms with E-state index in [-0.39, 0.29) is 11.5 Å². The van der Waals surface area contributed by atoms with E-state index in [9.17, 15) is 10.2 Å². The molecule has 15 heavy (non-hydrogen) atoms. The van der Waals surface area contributed by atoms with Crippen molar-refractivity contribution >= 4 is 11.4 Å². The van der Waals surface area contributed by atoms with Crippen LogP contribution in [-0.2, 0) is 0 Å². The number of hydrogen-bond acceptors (Lipinski definition) is 3. The zero-order valence-electron chi connectivity index (χ0n) is 8.01. The minimum atomic E-state index is 0.153. The average molecular weight is 201 g/mol. The number of hydrogen-bond donors (Lipinski definition) is 3. The molecule has 0 amide bonds. The van der Waals surface area contributed by atoms with Crippen LogP contribution >= 0.6 is 0 Å². The van der Waals surface area contributed by atoms with Crippen LogP contribution in [0.25, 0.3) is 0 Å². The van der Waals surface area contributed by atoms with E-state index in [0.29, 0.717) is 11.4 Å². The van der Waals surface area contributed by atoms with Gasteiger partial charge in [0.1, 0.15) is 11.5 Å². The highest BCUT2D eigenvalue weighted by Gasteiger charge is 2.02. The minimum Gasteiger partial charge on any atom is -0.506 e. The van der Waals surface area contributed by atoms with Crippen LogP contribution in [0.15, 0.2) is 48.5 Å². The summed E-state index contributed by atoms with van der Waals surface area (Å²) >= 11 is 0.